The molecule has 0 radical (unpaired) electrons. The monoisotopic (exact) mass is 622 g/mol. The Morgan fingerprint density at radius 2 is 1.68 bits per heavy atom. The molecule has 3 rings (SSSR count). The molecule has 0 spiro atoms. The second-order valence-corrected chi connectivity index (χ2v) is 13.7. The Balaban J connectivity index is 1.77. The topological polar surface area (TPSA) is 118 Å². The number of amides is 3. The summed E-state index contributed by atoms with van der Waals surface area (Å²) in [6.07, 6.45) is 4.56. The molecular formula is C33H58N4O7. The van der Waals surface area contributed by atoms with E-state index in [1.807, 2.05) is 20.9 Å². The lowest BCUT2D eigenvalue weighted by atomic mass is 9.89. The Kier molecular flexibility index (Phi) is 13.1. The number of piperidine rings is 1. The smallest absolute Gasteiger partial charge is 0.311 e. The number of rotatable bonds is 15. The number of esters is 1. The van der Waals surface area contributed by atoms with E-state index >= 15 is 0 Å². The fourth-order valence-electron chi connectivity index (χ4n) is 8.06. The number of likely N-dealkylation sites (N-methyl/N-ethyl adjacent to an activating group) is 2. The number of hydrogen-bond donors (Lipinski definition) is 1. The van der Waals surface area contributed by atoms with E-state index in [1.165, 1.54) is 7.11 Å². The van der Waals surface area contributed by atoms with Crippen molar-refractivity contribution in [3.05, 3.63) is 0 Å². The predicted molar refractivity (Wildman–Crippen MR) is 168 cm³/mol. The quantitative estimate of drug-likeness (QED) is 0.277. The van der Waals surface area contributed by atoms with Gasteiger partial charge in [0.05, 0.1) is 49.8 Å². The number of methoxy groups -OCH3 is 3. The van der Waals surface area contributed by atoms with Crippen LogP contribution < -0.4 is 5.32 Å². The van der Waals surface area contributed by atoms with E-state index in [2.05, 4.69) is 24.1 Å². The van der Waals surface area contributed by atoms with Crippen LogP contribution in [0.25, 0.3) is 0 Å². The van der Waals surface area contributed by atoms with Crippen LogP contribution in [-0.2, 0) is 33.4 Å². The molecule has 3 aliphatic rings. The lowest BCUT2D eigenvalue weighted by molar-refractivity contribution is -0.154. The molecule has 0 aromatic heterocycles. The third-order valence-corrected chi connectivity index (χ3v) is 10.8. The SMILES string of the molecule is CC[C@H](C)[C@@H]([C@@H](CC(=O)N1CCCC1[C@H](OC)[C@@H](C)C(=O)OC)OC)N(C)C(=O)C(NC(=O)[C@@H]1[C@H]2CC[C@H](C2)N1C)C(C)C. The van der Waals surface area contributed by atoms with E-state index in [1.54, 1.807) is 38.0 Å². The number of hydrogen-bond acceptors (Lipinski definition) is 8. The Morgan fingerprint density at radius 3 is 2.20 bits per heavy atom. The summed E-state index contributed by atoms with van der Waals surface area (Å²) in [5.41, 5.74) is 0. The maximum Gasteiger partial charge on any atom is 0.311 e. The van der Waals surface area contributed by atoms with Crippen LogP contribution in [0.1, 0.15) is 79.6 Å². The Morgan fingerprint density at radius 1 is 1.00 bits per heavy atom. The van der Waals surface area contributed by atoms with Crippen molar-refractivity contribution < 1.29 is 33.4 Å². The van der Waals surface area contributed by atoms with E-state index in [4.69, 9.17) is 14.2 Å². The van der Waals surface area contributed by atoms with Gasteiger partial charge in [-0.05, 0) is 63.8 Å². The number of ether oxygens (including phenoxy) is 3. The summed E-state index contributed by atoms with van der Waals surface area (Å²) in [6, 6.07) is -1.10. The Hall–Kier alpha value is -2.24. The number of carbonyl (C=O) groups is 4. The van der Waals surface area contributed by atoms with Gasteiger partial charge in [0.2, 0.25) is 17.7 Å². The average Bonchev–Trinajstić information content (AvgIpc) is 3.75. The second kappa shape index (κ2) is 15.9. The maximum atomic E-state index is 14.1. The molecule has 2 aliphatic heterocycles. The summed E-state index contributed by atoms with van der Waals surface area (Å²) >= 11 is 0. The summed E-state index contributed by atoms with van der Waals surface area (Å²) in [7, 11) is 8.27. The van der Waals surface area contributed by atoms with Crippen LogP contribution in [0.2, 0.25) is 0 Å². The summed E-state index contributed by atoms with van der Waals surface area (Å²) < 4.78 is 16.6. The normalized spacial score (nSPS) is 27.5. The molecule has 1 N–H and O–H groups in total. The first-order chi connectivity index (χ1) is 20.8. The number of nitrogens with zero attached hydrogens (tertiary/aromatic N) is 3. The minimum Gasteiger partial charge on any atom is -0.469 e. The van der Waals surface area contributed by atoms with Crippen molar-refractivity contribution in [3.63, 3.8) is 0 Å². The van der Waals surface area contributed by atoms with Crippen molar-refractivity contribution >= 4 is 23.7 Å². The van der Waals surface area contributed by atoms with Gasteiger partial charge in [0.1, 0.15) is 6.04 Å². The van der Waals surface area contributed by atoms with Crippen molar-refractivity contribution in [2.45, 2.75) is 122 Å². The van der Waals surface area contributed by atoms with Crippen LogP contribution in [0, 0.1) is 23.7 Å². The molecule has 252 valence electrons. The van der Waals surface area contributed by atoms with Gasteiger partial charge in [-0.2, -0.15) is 0 Å². The largest absolute Gasteiger partial charge is 0.469 e. The fraction of sp³-hybridized carbons (Fsp3) is 0.879. The minimum atomic E-state index is -0.690. The molecule has 2 unspecified atom stereocenters. The lowest BCUT2D eigenvalue weighted by Crippen LogP contribution is -2.60. The molecule has 10 atom stereocenters. The summed E-state index contributed by atoms with van der Waals surface area (Å²) in [5, 5.41) is 3.12. The zero-order valence-electron chi connectivity index (χ0n) is 28.7. The molecule has 3 fully saturated rings. The van der Waals surface area contributed by atoms with Crippen molar-refractivity contribution in [1.82, 2.24) is 20.0 Å². The molecule has 0 aromatic carbocycles. The summed E-state index contributed by atoms with van der Waals surface area (Å²) in [5.74, 6) is -1.00. The van der Waals surface area contributed by atoms with Gasteiger partial charge in [-0.25, -0.2) is 0 Å². The van der Waals surface area contributed by atoms with Gasteiger partial charge in [0.25, 0.3) is 0 Å². The van der Waals surface area contributed by atoms with Gasteiger partial charge in [-0.1, -0.05) is 34.1 Å². The van der Waals surface area contributed by atoms with Gasteiger partial charge in [0.15, 0.2) is 0 Å². The molecule has 3 amide bonds. The molecule has 2 saturated heterocycles. The van der Waals surface area contributed by atoms with Crippen LogP contribution in [0.4, 0.5) is 0 Å². The first-order valence-corrected chi connectivity index (χ1v) is 16.5. The van der Waals surface area contributed by atoms with Crippen molar-refractivity contribution in [2.75, 3.05) is 42.0 Å². The third kappa shape index (κ3) is 7.58. The molecule has 11 nitrogen and oxygen atoms in total. The van der Waals surface area contributed by atoms with Gasteiger partial charge in [-0.15, -0.1) is 0 Å². The highest BCUT2D eigenvalue weighted by molar-refractivity contribution is 5.90. The average molecular weight is 623 g/mol. The number of likely N-dealkylation sites (tertiary alicyclic amines) is 2. The zero-order chi connectivity index (χ0) is 32.9. The van der Waals surface area contributed by atoms with E-state index in [9.17, 15) is 19.2 Å². The van der Waals surface area contributed by atoms with E-state index in [0.29, 0.717) is 18.5 Å². The Labute approximate surface area is 264 Å². The second-order valence-electron chi connectivity index (χ2n) is 13.7. The van der Waals surface area contributed by atoms with E-state index < -0.39 is 30.2 Å². The lowest BCUT2D eigenvalue weighted by Gasteiger charge is -2.41. The van der Waals surface area contributed by atoms with Crippen LogP contribution in [0.3, 0.4) is 0 Å². The molecule has 0 aromatic rings. The highest BCUT2D eigenvalue weighted by Crippen LogP contribution is 2.41. The molecule has 1 saturated carbocycles. The van der Waals surface area contributed by atoms with E-state index in [0.717, 1.165) is 38.5 Å². The standard InChI is InChI=1S/C33H58N4O7/c1-11-20(4)28(25(42-8)18-26(38)37-16-12-13-24(37)30(43-9)21(5)33(41)44-10)36(7)32(40)27(19(2)3)34-31(39)29-22-14-15-23(17-22)35(29)6/h19-25,27-30H,11-18H2,1-10H3,(H,34,39)/t20-,21+,22-,23+,24?,25+,27?,28-,29-,30+/m0/s1. The molecular weight excluding hydrogens is 564 g/mol. The number of nitrogens with one attached hydrogen (secondary N) is 1. The fourth-order valence-corrected chi connectivity index (χ4v) is 8.06. The highest BCUT2D eigenvalue weighted by Gasteiger charge is 2.48. The van der Waals surface area contributed by atoms with Crippen LogP contribution in [0.15, 0.2) is 0 Å². The zero-order valence-corrected chi connectivity index (χ0v) is 28.7. The van der Waals surface area contributed by atoms with Crippen LogP contribution in [-0.4, -0.2) is 123 Å². The van der Waals surface area contributed by atoms with Gasteiger partial charge in [-0.3, -0.25) is 24.1 Å². The summed E-state index contributed by atoms with van der Waals surface area (Å²) in [6.45, 7) is 10.4. The molecule has 2 heterocycles. The predicted octanol–water partition coefficient (Wildman–Crippen LogP) is 2.70. The van der Waals surface area contributed by atoms with Gasteiger partial charge >= 0.3 is 5.97 Å². The molecule has 44 heavy (non-hydrogen) atoms. The molecule has 11 heteroatoms. The van der Waals surface area contributed by atoms with Crippen molar-refractivity contribution in [2.24, 2.45) is 23.7 Å². The summed E-state index contributed by atoms with van der Waals surface area (Å²) in [4.78, 5) is 59.5. The van der Waals surface area contributed by atoms with Crippen LogP contribution in [0.5, 0.6) is 0 Å². The van der Waals surface area contributed by atoms with Crippen molar-refractivity contribution in [3.8, 4) is 0 Å². The maximum absolute atomic E-state index is 14.1. The van der Waals surface area contributed by atoms with Gasteiger partial charge in [0, 0.05) is 33.9 Å². The van der Waals surface area contributed by atoms with Gasteiger partial charge < -0.3 is 29.3 Å². The van der Waals surface area contributed by atoms with Crippen molar-refractivity contribution in [1.29, 1.82) is 0 Å². The molecule has 2 bridgehead atoms. The first-order valence-electron chi connectivity index (χ1n) is 16.5. The number of fused-ring (bicyclic) bond motifs is 2. The highest BCUT2D eigenvalue weighted by atomic mass is 16.5. The molecule has 1 aliphatic carbocycles. The number of carbonyl (C=O) groups excluding carboxylic acids is 4. The third-order valence-electron chi connectivity index (χ3n) is 10.8. The Bertz CT molecular complexity index is 1010. The van der Waals surface area contributed by atoms with Crippen LogP contribution >= 0.6 is 0 Å². The first kappa shape index (κ1) is 36.2. The van der Waals surface area contributed by atoms with E-state index in [-0.39, 0.29) is 54.0 Å². The minimum absolute atomic E-state index is 0.0300.